The van der Waals surface area contributed by atoms with E-state index in [0.29, 0.717) is 6.04 Å². The molecule has 1 amide bonds. The monoisotopic (exact) mass is 240 g/mol. The lowest BCUT2D eigenvalue weighted by atomic mass is 10.1. The summed E-state index contributed by atoms with van der Waals surface area (Å²) in [6, 6.07) is 0.326. The standard InChI is InChI=1S/C12H24N4O/c1-15-6-3-4-10(9-15)14-12(17)11-8-13-5-7-16(11)2/h10-11,13H,3-9H2,1-2H3,(H,14,17). The highest BCUT2D eigenvalue weighted by atomic mass is 16.2. The second-order valence-corrected chi connectivity index (χ2v) is 5.31. The summed E-state index contributed by atoms with van der Waals surface area (Å²) in [5.41, 5.74) is 0. The summed E-state index contributed by atoms with van der Waals surface area (Å²) in [4.78, 5) is 16.6. The highest BCUT2D eigenvalue weighted by molar-refractivity contribution is 5.82. The molecule has 17 heavy (non-hydrogen) atoms. The maximum Gasteiger partial charge on any atom is 0.238 e. The van der Waals surface area contributed by atoms with Gasteiger partial charge in [0.1, 0.15) is 6.04 Å². The number of piperazine rings is 1. The normalized spacial score (nSPS) is 32.4. The van der Waals surface area contributed by atoms with Crippen LogP contribution in [0.3, 0.4) is 0 Å². The van der Waals surface area contributed by atoms with E-state index in [2.05, 4.69) is 27.5 Å². The zero-order chi connectivity index (χ0) is 12.3. The summed E-state index contributed by atoms with van der Waals surface area (Å²) >= 11 is 0. The Morgan fingerprint density at radius 3 is 2.88 bits per heavy atom. The Balaban J connectivity index is 1.83. The number of hydrogen-bond donors (Lipinski definition) is 2. The topological polar surface area (TPSA) is 47.6 Å². The molecule has 2 saturated heterocycles. The van der Waals surface area contributed by atoms with Crippen LogP contribution in [-0.4, -0.2) is 74.6 Å². The van der Waals surface area contributed by atoms with Crippen LogP contribution in [0.2, 0.25) is 0 Å². The van der Waals surface area contributed by atoms with Gasteiger partial charge in [0, 0.05) is 32.2 Å². The Morgan fingerprint density at radius 1 is 1.35 bits per heavy atom. The van der Waals surface area contributed by atoms with Crippen molar-refractivity contribution in [2.45, 2.75) is 24.9 Å². The first-order chi connectivity index (χ1) is 8.16. The van der Waals surface area contributed by atoms with E-state index in [0.717, 1.165) is 39.1 Å². The third-order valence-electron chi connectivity index (χ3n) is 3.78. The van der Waals surface area contributed by atoms with Gasteiger partial charge in [-0.05, 0) is 33.5 Å². The molecule has 0 aromatic carbocycles. The highest BCUT2D eigenvalue weighted by Gasteiger charge is 2.28. The molecule has 2 aliphatic rings. The third-order valence-corrected chi connectivity index (χ3v) is 3.78. The van der Waals surface area contributed by atoms with E-state index in [4.69, 9.17) is 0 Å². The van der Waals surface area contributed by atoms with Gasteiger partial charge in [0.05, 0.1) is 0 Å². The summed E-state index contributed by atoms with van der Waals surface area (Å²) in [5.74, 6) is 0.181. The van der Waals surface area contributed by atoms with Crippen LogP contribution < -0.4 is 10.6 Å². The number of amides is 1. The van der Waals surface area contributed by atoms with Gasteiger partial charge in [0.15, 0.2) is 0 Å². The third kappa shape index (κ3) is 3.40. The van der Waals surface area contributed by atoms with E-state index < -0.39 is 0 Å². The molecule has 98 valence electrons. The number of hydrogen-bond acceptors (Lipinski definition) is 4. The van der Waals surface area contributed by atoms with Crippen molar-refractivity contribution in [2.24, 2.45) is 0 Å². The molecular weight excluding hydrogens is 216 g/mol. The Hall–Kier alpha value is -0.650. The molecule has 0 radical (unpaired) electrons. The average molecular weight is 240 g/mol. The SMILES string of the molecule is CN1CCCC(NC(=O)C2CNCCN2C)C1. The second-order valence-electron chi connectivity index (χ2n) is 5.31. The fourth-order valence-corrected chi connectivity index (χ4v) is 2.68. The minimum Gasteiger partial charge on any atom is -0.351 e. The zero-order valence-corrected chi connectivity index (χ0v) is 10.9. The fourth-order valence-electron chi connectivity index (χ4n) is 2.68. The van der Waals surface area contributed by atoms with Crippen molar-refractivity contribution in [1.29, 1.82) is 0 Å². The number of nitrogens with one attached hydrogen (secondary N) is 2. The molecule has 0 saturated carbocycles. The summed E-state index contributed by atoms with van der Waals surface area (Å²) in [6.07, 6.45) is 2.29. The predicted octanol–water partition coefficient (Wildman–Crippen LogP) is -0.900. The minimum absolute atomic E-state index is 0.00372. The number of nitrogens with zero attached hydrogens (tertiary/aromatic N) is 2. The lowest BCUT2D eigenvalue weighted by molar-refractivity contribution is -0.127. The number of rotatable bonds is 2. The minimum atomic E-state index is -0.00372. The van der Waals surface area contributed by atoms with Crippen molar-refractivity contribution < 1.29 is 4.79 Å². The first-order valence-corrected chi connectivity index (χ1v) is 6.56. The Morgan fingerprint density at radius 2 is 2.18 bits per heavy atom. The molecular formula is C12H24N4O. The van der Waals surface area contributed by atoms with Crippen LogP contribution in [0, 0.1) is 0 Å². The van der Waals surface area contributed by atoms with E-state index in [1.54, 1.807) is 0 Å². The lowest BCUT2D eigenvalue weighted by Gasteiger charge is -2.35. The molecule has 2 atom stereocenters. The smallest absolute Gasteiger partial charge is 0.238 e. The molecule has 0 aliphatic carbocycles. The maximum atomic E-state index is 12.2. The van der Waals surface area contributed by atoms with E-state index >= 15 is 0 Å². The maximum absolute atomic E-state index is 12.2. The summed E-state index contributed by atoms with van der Waals surface area (Å²) in [7, 11) is 4.14. The van der Waals surface area contributed by atoms with Crippen LogP contribution in [0.1, 0.15) is 12.8 Å². The summed E-state index contributed by atoms with van der Waals surface area (Å²) < 4.78 is 0. The van der Waals surface area contributed by atoms with E-state index in [-0.39, 0.29) is 11.9 Å². The van der Waals surface area contributed by atoms with Gasteiger partial charge in [-0.1, -0.05) is 0 Å². The van der Waals surface area contributed by atoms with Crippen LogP contribution in [0.4, 0.5) is 0 Å². The molecule has 0 spiro atoms. The molecule has 5 heteroatoms. The van der Waals surface area contributed by atoms with Crippen LogP contribution in [0.25, 0.3) is 0 Å². The lowest BCUT2D eigenvalue weighted by Crippen LogP contribution is -2.59. The van der Waals surface area contributed by atoms with Crippen molar-refractivity contribution in [3.05, 3.63) is 0 Å². The quantitative estimate of drug-likeness (QED) is 0.657. The van der Waals surface area contributed by atoms with Crippen molar-refractivity contribution in [1.82, 2.24) is 20.4 Å². The first-order valence-electron chi connectivity index (χ1n) is 6.56. The Bertz CT molecular complexity index is 271. The van der Waals surface area contributed by atoms with Crippen LogP contribution in [0.15, 0.2) is 0 Å². The highest BCUT2D eigenvalue weighted by Crippen LogP contribution is 2.09. The number of carbonyl (C=O) groups excluding carboxylic acids is 1. The molecule has 2 heterocycles. The van der Waals surface area contributed by atoms with E-state index in [1.807, 2.05) is 7.05 Å². The molecule has 2 N–H and O–H groups in total. The molecule has 2 aliphatic heterocycles. The molecule has 2 unspecified atom stereocenters. The molecule has 2 fully saturated rings. The first kappa shape index (κ1) is 12.8. The van der Waals surface area contributed by atoms with Gasteiger partial charge in [0.25, 0.3) is 0 Å². The second kappa shape index (κ2) is 5.80. The molecule has 2 rings (SSSR count). The summed E-state index contributed by atoms with van der Waals surface area (Å²) in [6.45, 7) is 4.83. The number of carbonyl (C=O) groups is 1. The van der Waals surface area contributed by atoms with Gasteiger partial charge in [-0.3, -0.25) is 9.69 Å². The fraction of sp³-hybridized carbons (Fsp3) is 0.917. The Kier molecular flexibility index (Phi) is 4.36. The summed E-state index contributed by atoms with van der Waals surface area (Å²) in [5, 5.41) is 6.47. The van der Waals surface area contributed by atoms with Gasteiger partial charge in [-0.25, -0.2) is 0 Å². The largest absolute Gasteiger partial charge is 0.351 e. The molecule has 0 bridgehead atoms. The predicted molar refractivity (Wildman–Crippen MR) is 67.9 cm³/mol. The van der Waals surface area contributed by atoms with Crippen molar-refractivity contribution in [2.75, 3.05) is 46.8 Å². The molecule has 0 aromatic heterocycles. The van der Waals surface area contributed by atoms with Gasteiger partial charge in [0.2, 0.25) is 5.91 Å². The van der Waals surface area contributed by atoms with Crippen LogP contribution >= 0.6 is 0 Å². The van der Waals surface area contributed by atoms with Crippen molar-refractivity contribution in [3.8, 4) is 0 Å². The number of likely N-dealkylation sites (N-methyl/N-ethyl adjacent to an activating group) is 2. The van der Waals surface area contributed by atoms with Gasteiger partial charge in [-0.2, -0.15) is 0 Å². The Labute approximate surface area is 104 Å². The van der Waals surface area contributed by atoms with Gasteiger partial charge < -0.3 is 15.5 Å². The zero-order valence-electron chi connectivity index (χ0n) is 10.9. The number of piperidine rings is 1. The van der Waals surface area contributed by atoms with E-state index in [9.17, 15) is 4.79 Å². The number of likely N-dealkylation sites (tertiary alicyclic amines) is 1. The molecule has 0 aromatic rings. The average Bonchev–Trinajstić information content (AvgIpc) is 2.29. The van der Waals surface area contributed by atoms with Crippen molar-refractivity contribution >= 4 is 5.91 Å². The van der Waals surface area contributed by atoms with Gasteiger partial charge in [-0.15, -0.1) is 0 Å². The molecule has 5 nitrogen and oxygen atoms in total. The van der Waals surface area contributed by atoms with E-state index in [1.165, 1.54) is 6.42 Å². The van der Waals surface area contributed by atoms with Crippen LogP contribution in [0.5, 0.6) is 0 Å². The van der Waals surface area contributed by atoms with Crippen LogP contribution in [-0.2, 0) is 4.79 Å². The van der Waals surface area contributed by atoms with Gasteiger partial charge >= 0.3 is 0 Å². The van der Waals surface area contributed by atoms with Crippen molar-refractivity contribution in [3.63, 3.8) is 0 Å².